The quantitative estimate of drug-likeness (QED) is 0.411. The molecule has 0 aliphatic rings. The number of fused-ring (bicyclic) bond motifs is 1. The van der Waals surface area contributed by atoms with E-state index in [4.69, 9.17) is 0 Å². The normalized spacial score (nSPS) is 13.1. The smallest absolute Gasteiger partial charge is 0.289 e. The molecule has 4 heterocycles. The summed E-state index contributed by atoms with van der Waals surface area (Å²) < 4.78 is 79.8. The van der Waals surface area contributed by atoms with Crippen LogP contribution in [0, 0.1) is 24.1 Å². The number of hydrogen-bond donors (Lipinski definition) is 1. The van der Waals surface area contributed by atoms with Gasteiger partial charge in [0.15, 0.2) is 0 Å². The van der Waals surface area contributed by atoms with Crippen LogP contribution in [0.1, 0.15) is 18.1 Å². The molecule has 0 spiro atoms. The van der Waals surface area contributed by atoms with E-state index in [1.807, 2.05) is 0 Å². The highest BCUT2D eigenvalue weighted by Crippen LogP contribution is 2.34. The predicted octanol–water partition coefficient (Wildman–Crippen LogP) is 4.03. The Bertz CT molecular complexity index is 1560. The average Bonchev–Trinajstić information content (AvgIpc) is 3.12. The maximum atomic E-state index is 13.5. The van der Waals surface area contributed by atoms with E-state index in [1.165, 1.54) is 22.8 Å². The summed E-state index contributed by atoms with van der Waals surface area (Å²) in [5.74, 6) is -0.325. The van der Waals surface area contributed by atoms with E-state index in [1.54, 1.807) is 23.9 Å². The lowest BCUT2D eigenvalue weighted by atomic mass is 10.1. The Hall–Kier alpha value is -3.89. The topological polar surface area (TPSA) is 114 Å². The van der Waals surface area contributed by atoms with Crippen LogP contribution in [0.25, 0.3) is 28.2 Å². The van der Waals surface area contributed by atoms with Gasteiger partial charge in [-0.25, -0.2) is 17.8 Å². The molecule has 8 nitrogen and oxygen atoms in total. The summed E-state index contributed by atoms with van der Waals surface area (Å²) in [6, 6.07) is 6.42. The number of pyridine rings is 3. The van der Waals surface area contributed by atoms with Gasteiger partial charge >= 0.3 is 6.18 Å². The maximum absolute atomic E-state index is 13.5. The van der Waals surface area contributed by atoms with Crippen molar-refractivity contribution in [1.29, 1.82) is 5.26 Å². The first-order valence-corrected chi connectivity index (χ1v) is 11.5. The lowest BCUT2D eigenvalue weighted by molar-refractivity contribution is -0.147. The molecule has 1 N–H and O–H groups in total. The summed E-state index contributed by atoms with van der Waals surface area (Å²) in [6.45, 7) is 2.47. The Kier molecular flexibility index (Phi) is 6.04. The molecule has 4 aromatic rings. The number of nitrogens with one attached hydrogen (secondary N) is 1. The minimum absolute atomic E-state index is 0.109. The van der Waals surface area contributed by atoms with Crippen LogP contribution in [-0.2, 0) is 10.0 Å². The van der Waals surface area contributed by atoms with Gasteiger partial charge in [-0.1, -0.05) is 0 Å². The number of hydrogen-bond acceptors (Lipinski definition) is 6. The van der Waals surface area contributed by atoms with Gasteiger partial charge in [0.1, 0.15) is 39.7 Å². The largest absolute Gasteiger partial charge is 0.404 e. The Morgan fingerprint density at radius 3 is 2.40 bits per heavy atom. The number of sulfonamides is 1. The van der Waals surface area contributed by atoms with E-state index in [9.17, 15) is 31.2 Å². The van der Waals surface area contributed by atoms with Crippen molar-refractivity contribution >= 4 is 21.1 Å². The van der Waals surface area contributed by atoms with E-state index < -0.39 is 33.0 Å². The molecule has 0 aromatic carbocycles. The van der Waals surface area contributed by atoms with Crippen molar-refractivity contribution in [2.24, 2.45) is 0 Å². The summed E-state index contributed by atoms with van der Waals surface area (Å²) in [7, 11) is -4.53. The average molecular weight is 504 g/mol. The van der Waals surface area contributed by atoms with Crippen molar-refractivity contribution in [3.05, 3.63) is 65.9 Å². The van der Waals surface area contributed by atoms with Crippen molar-refractivity contribution in [3.8, 4) is 23.3 Å². The van der Waals surface area contributed by atoms with Crippen LogP contribution in [0.2, 0.25) is 0 Å². The summed E-state index contributed by atoms with van der Waals surface area (Å²) in [5.41, 5.74) is 2.02. The Labute approximate surface area is 196 Å². The van der Waals surface area contributed by atoms with Gasteiger partial charge in [0.2, 0.25) is 10.0 Å². The fourth-order valence-corrected chi connectivity index (χ4v) is 4.57. The third-order valence-electron chi connectivity index (χ3n) is 5.11. The molecule has 13 heteroatoms. The second-order valence-corrected chi connectivity index (χ2v) is 9.36. The third kappa shape index (κ3) is 4.58. The summed E-state index contributed by atoms with van der Waals surface area (Å²) in [5, 5.41) is 9.89. The van der Waals surface area contributed by atoms with Gasteiger partial charge in [0, 0.05) is 12.4 Å². The van der Waals surface area contributed by atoms with Crippen molar-refractivity contribution in [1.82, 2.24) is 24.2 Å². The second-order valence-electron chi connectivity index (χ2n) is 7.65. The molecule has 35 heavy (non-hydrogen) atoms. The highest BCUT2D eigenvalue weighted by molar-refractivity contribution is 7.89. The maximum Gasteiger partial charge on any atom is 0.404 e. The molecule has 1 atom stereocenters. The van der Waals surface area contributed by atoms with Gasteiger partial charge < -0.3 is 0 Å². The minimum Gasteiger partial charge on any atom is -0.289 e. The monoisotopic (exact) mass is 504 g/mol. The van der Waals surface area contributed by atoms with Crippen LogP contribution in [0.3, 0.4) is 0 Å². The van der Waals surface area contributed by atoms with Crippen LogP contribution >= 0.6 is 0 Å². The molecule has 180 valence electrons. The molecule has 0 aliphatic carbocycles. The van der Waals surface area contributed by atoms with Gasteiger partial charge in [-0.3, -0.25) is 14.5 Å². The molecular formula is C22H16F4N6O2S. The van der Waals surface area contributed by atoms with E-state index in [0.717, 1.165) is 24.0 Å². The second kappa shape index (κ2) is 8.71. The first-order valence-electron chi connectivity index (χ1n) is 10.0. The van der Waals surface area contributed by atoms with Gasteiger partial charge in [0.25, 0.3) is 0 Å². The van der Waals surface area contributed by atoms with E-state index in [0.29, 0.717) is 18.0 Å². The molecule has 4 rings (SSSR count). The van der Waals surface area contributed by atoms with E-state index in [-0.39, 0.29) is 22.8 Å². The number of nitrogens with zero attached hydrogens (tertiary/aromatic N) is 5. The van der Waals surface area contributed by atoms with Crippen LogP contribution in [0.5, 0.6) is 0 Å². The first kappa shape index (κ1) is 24.2. The highest BCUT2D eigenvalue weighted by Gasteiger charge is 2.39. The number of nitriles is 1. The molecule has 4 aromatic heterocycles. The van der Waals surface area contributed by atoms with Crippen LogP contribution in [0.15, 0.2) is 53.8 Å². The lowest BCUT2D eigenvalue weighted by Crippen LogP contribution is -2.42. The molecule has 0 saturated carbocycles. The fraction of sp³-hybridized carbons (Fsp3) is 0.182. The number of alkyl halides is 3. The summed E-state index contributed by atoms with van der Waals surface area (Å²) in [4.78, 5) is 12.0. The van der Waals surface area contributed by atoms with Gasteiger partial charge in [-0.05, 0) is 49.7 Å². The SMILES string of the molecule is Cc1cnc2c(C#N)c(-c3ccc(S(=O)(=O)N[C@@H](C)C(F)(F)F)cn3)n(-c3ccc(F)cn3)c2c1. The summed E-state index contributed by atoms with van der Waals surface area (Å²) >= 11 is 0. The molecule has 0 saturated heterocycles. The summed E-state index contributed by atoms with van der Waals surface area (Å²) in [6.07, 6.45) is -1.32. The van der Waals surface area contributed by atoms with Gasteiger partial charge in [0.05, 0.1) is 23.1 Å². The lowest BCUT2D eigenvalue weighted by Gasteiger charge is -2.17. The molecular weight excluding hydrogens is 488 g/mol. The zero-order valence-corrected chi connectivity index (χ0v) is 19.0. The minimum atomic E-state index is -4.77. The van der Waals surface area contributed by atoms with Crippen LogP contribution in [0.4, 0.5) is 17.6 Å². The Balaban J connectivity index is 1.88. The molecule has 0 aliphatic heterocycles. The van der Waals surface area contributed by atoms with Crippen molar-refractivity contribution in [2.75, 3.05) is 0 Å². The van der Waals surface area contributed by atoms with Crippen molar-refractivity contribution < 1.29 is 26.0 Å². The van der Waals surface area contributed by atoms with E-state index >= 15 is 0 Å². The van der Waals surface area contributed by atoms with Crippen molar-refractivity contribution in [2.45, 2.75) is 31.0 Å². The zero-order chi connectivity index (χ0) is 25.5. The molecule has 0 bridgehead atoms. The van der Waals surface area contributed by atoms with Crippen molar-refractivity contribution in [3.63, 3.8) is 0 Å². The van der Waals surface area contributed by atoms with Crippen LogP contribution < -0.4 is 4.72 Å². The molecule has 0 fully saturated rings. The standard InChI is InChI=1S/C22H16F4N6O2S/c1-12-7-18-20(30-9-12)16(8-27)21(32(18)19-6-3-14(23)10-29-19)17-5-4-15(11-28-17)35(33,34)31-13(2)22(24,25)26/h3-7,9-11,13,31H,1-2H3/t13-/m0/s1. The third-order valence-corrected chi connectivity index (χ3v) is 6.63. The molecule has 0 unspecified atom stereocenters. The Morgan fingerprint density at radius 2 is 1.83 bits per heavy atom. The van der Waals surface area contributed by atoms with Crippen LogP contribution in [-0.4, -0.2) is 40.2 Å². The van der Waals surface area contributed by atoms with E-state index in [2.05, 4.69) is 21.0 Å². The molecule has 0 amide bonds. The van der Waals surface area contributed by atoms with Gasteiger partial charge in [-0.2, -0.15) is 23.2 Å². The zero-order valence-electron chi connectivity index (χ0n) is 18.2. The number of aryl methyl sites for hydroxylation is 1. The van der Waals surface area contributed by atoms with Gasteiger partial charge in [-0.15, -0.1) is 0 Å². The number of halogens is 4. The number of aromatic nitrogens is 4. The highest BCUT2D eigenvalue weighted by atomic mass is 32.2. The number of rotatable bonds is 5. The fourth-order valence-electron chi connectivity index (χ4n) is 3.39. The Morgan fingerprint density at radius 1 is 1.09 bits per heavy atom. The first-order chi connectivity index (χ1) is 16.4. The predicted molar refractivity (Wildman–Crippen MR) is 117 cm³/mol. The molecule has 0 radical (unpaired) electrons.